The van der Waals surface area contributed by atoms with Crippen molar-refractivity contribution in [2.45, 2.75) is 51.7 Å². The van der Waals surface area contributed by atoms with E-state index in [9.17, 15) is 18.0 Å². The Morgan fingerprint density at radius 1 is 1.06 bits per heavy atom. The minimum atomic E-state index is -4.48. The summed E-state index contributed by atoms with van der Waals surface area (Å²) >= 11 is 0. The molecule has 0 saturated carbocycles. The van der Waals surface area contributed by atoms with E-state index in [1.54, 1.807) is 30.6 Å². The molecule has 1 saturated heterocycles. The SMILES string of the molecule is Cc1ccc(-c2ncccn2)c(C(=O)N2C[C@@H](C)CC[C@H]2CCc2cccc(C(F)(F)F)n2)n1. The third-order valence-corrected chi connectivity index (χ3v) is 6.08. The van der Waals surface area contributed by atoms with Crippen molar-refractivity contribution in [1.29, 1.82) is 0 Å². The van der Waals surface area contributed by atoms with Crippen molar-refractivity contribution in [3.63, 3.8) is 0 Å². The van der Waals surface area contributed by atoms with Gasteiger partial charge in [0.05, 0.1) is 5.56 Å². The fraction of sp³-hybridized carbons (Fsp3) is 0.400. The van der Waals surface area contributed by atoms with Gasteiger partial charge in [0.2, 0.25) is 0 Å². The molecule has 0 aromatic carbocycles. The number of halogens is 3. The molecule has 0 radical (unpaired) electrons. The zero-order valence-electron chi connectivity index (χ0n) is 19.1. The van der Waals surface area contributed by atoms with Gasteiger partial charge in [-0.15, -0.1) is 0 Å². The van der Waals surface area contributed by atoms with E-state index in [1.165, 1.54) is 6.07 Å². The lowest BCUT2D eigenvalue weighted by molar-refractivity contribution is -0.141. The van der Waals surface area contributed by atoms with E-state index >= 15 is 0 Å². The summed E-state index contributed by atoms with van der Waals surface area (Å²) in [7, 11) is 0. The maximum absolute atomic E-state index is 13.7. The number of likely N-dealkylation sites (tertiary alicyclic amines) is 1. The molecule has 1 aliphatic heterocycles. The molecule has 0 N–H and O–H groups in total. The lowest BCUT2D eigenvalue weighted by Crippen LogP contribution is -2.47. The second-order valence-electron chi connectivity index (χ2n) is 8.77. The number of hydrogen-bond donors (Lipinski definition) is 0. The first-order chi connectivity index (χ1) is 16.2. The van der Waals surface area contributed by atoms with Crippen molar-refractivity contribution in [3.05, 3.63) is 71.6 Å². The molecule has 0 bridgehead atoms. The Balaban J connectivity index is 1.59. The lowest BCUT2D eigenvalue weighted by Gasteiger charge is -2.39. The zero-order chi connectivity index (χ0) is 24.3. The van der Waals surface area contributed by atoms with Crippen LogP contribution in [0.2, 0.25) is 0 Å². The number of carbonyl (C=O) groups excluding carboxylic acids is 1. The molecular weight excluding hydrogens is 443 g/mol. The number of rotatable bonds is 5. The largest absolute Gasteiger partial charge is 0.433 e. The van der Waals surface area contributed by atoms with Crippen molar-refractivity contribution in [3.8, 4) is 11.4 Å². The summed E-state index contributed by atoms with van der Waals surface area (Å²) in [5, 5.41) is 0. The fourth-order valence-electron chi connectivity index (χ4n) is 4.32. The van der Waals surface area contributed by atoms with Crippen molar-refractivity contribution in [2.24, 2.45) is 5.92 Å². The molecule has 178 valence electrons. The molecule has 6 nitrogen and oxygen atoms in total. The summed E-state index contributed by atoms with van der Waals surface area (Å²) in [6, 6.07) is 9.15. The van der Waals surface area contributed by atoms with Crippen LogP contribution in [0.25, 0.3) is 11.4 Å². The Kier molecular flexibility index (Phi) is 6.90. The number of aryl methyl sites for hydroxylation is 2. The summed E-state index contributed by atoms with van der Waals surface area (Å²) in [4.78, 5) is 32.4. The first-order valence-electron chi connectivity index (χ1n) is 11.3. The maximum Gasteiger partial charge on any atom is 0.433 e. The number of piperidine rings is 1. The molecule has 34 heavy (non-hydrogen) atoms. The van der Waals surface area contributed by atoms with Gasteiger partial charge in [-0.1, -0.05) is 13.0 Å². The Hall–Kier alpha value is -3.36. The van der Waals surface area contributed by atoms with E-state index in [4.69, 9.17) is 0 Å². The van der Waals surface area contributed by atoms with Crippen molar-refractivity contribution in [2.75, 3.05) is 6.54 Å². The van der Waals surface area contributed by atoms with E-state index in [1.807, 2.05) is 17.9 Å². The predicted molar refractivity (Wildman–Crippen MR) is 121 cm³/mol. The van der Waals surface area contributed by atoms with Crippen LogP contribution >= 0.6 is 0 Å². The fourth-order valence-corrected chi connectivity index (χ4v) is 4.32. The van der Waals surface area contributed by atoms with Gasteiger partial charge in [-0.05, 0) is 68.9 Å². The molecule has 3 aromatic rings. The Labute approximate surface area is 196 Å². The van der Waals surface area contributed by atoms with E-state index in [2.05, 4.69) is 26.9 Å². The molecule has 0 unspecified atom stereocenters. The number of pyridine rings is 2. The number of alkyl halides is 3. The van der Waals surface area contributed by atoms with Gasteiger partial charge < -0.3 is 4.90 Å². The van der Waals surface area contributed by atoms with Crippen LogP contribution in [0.1, 0.15) is 53.8 Å². The molecule has 3 aromatic heterocycles. The van der Waals surface area contributed by atoms with Crippen molar-refractivity contribution >= 4 is 5.91 Å². The van der Waals surface area contributed by atoms with E-state index < -0.39 is 11.9 Å². The number of carbonyl (C=O) groups is 1. The Morgan fingerprint density at radius 2 is 1.82 bits per heavy atom. The number of hydrogen-bond acceptors (Lipinski definition) is 5. The number of aromatic nitrogens is 4. The molecule has 4 rings (SSSR count). The van der Waals surface area contributed by atoms with Crippen molar-refractivity contribution in [1.82, 2.24) is 24.8 Å². The van der Waals surface area contributed by atoms with Gasteiger partial charge in [0.25, 0.3) is 5.91 Å². The molecule has 2 atom stereocenters. The van der Waals surface area contributed by atoms with E-state index in [-0.39, 0.29) is 11.9 Å². The van der Waals surface area contributed by atoms with Gasteiger partial charge in [0.15, 0.2) is 5.82 Å². The molecule has 1 fully saturated rings. The van der Waals surface area contributed by atoms with Crippen LogP contribution in [0.5, 0.6) is 0 Å². The van der Waals surface area contributed by atoms with Gasteiger partial charge in [-0.3, -0.25) is 4.79 Å². The van der Waals surface area contributed by atoms with Gasteiger partial charge >= 0.3 is 6.18 Å². The highest BCUT2D eigenvalue weighted by Crippen LogP contribution is 2.30. The van der Waals surface area contributed by atoms with Crippen LogP contribution in [0.4, 0.5) is 13.2 Å². The third kappa shape index (κ3) is 5.40. The van der Waals surface area contributed by atoms with Gasteiger partial charge in [-0.25, -0.2) is 19.9 Å². The lowest BCUT2D eigenvalue weighted by atomic mass is 9.90. The monoisotopic (exact) mass is 469 g/mol. The summed E-state index contributed by atoms with van der Waals surface area (Å²) in [5.41, 5.74) is 1.03. The second-order valence-corrected chi connectivity index (χ2v) is 8.77. The van der Waals surface area contributed by atoms with Gasteiger partial charge in [-0.2, -0.15) is 13.2 Å². The highest BCUT2D eigenvalue weighted by atomic mass is 19.4. The van der Waals surface area contributed by atoms with Crippen molar-refractivity contribution < 1.29 is 18.0 Å². The molecule has 0 aliphatic carbocycles. The third-order valence-electron chi connectivity index (χ3n) is 6.08. The summed E-state index contributed by atoms with van der Waals surface area (Å²) in [6.07, 6.45) is 1.34. The first kappa shape index (κ1) is 23.8. The van der Waals surface area contributed by atoms with Crippen LogP contribution in [-0.2, 0) is 12.6 Å². The minimum Gasteiger partial charge on any atom is -0.334 e. The Morgan fingerprint density at radius 3 is 2.56 bits per heavy atom. The Bertz CT molecular complexity index is 1150. The molecule has 4 heterocycles. The number of amides is 1. The maximum atomic E-state index is 13.7. The quantitative estimate of drug-likeness (QED) is 0.518. The van der Waals surface area contributed by atoms with Gasteiger partial charge in [0, 0.05) is 36.4 Å². The van der Waals surface area contributed by atoms with Gasteiger partial charge in [0.1, 0.15) is 11.4 Å². The highest BCUT2D eigenvalue weighted by molar-refractivity contribution is 5.98. The van der Waals surface area contributed by atoms with Crippen LogP contribution < -0.4 is 0 Å². The standard InChI is InChI=1S/C25H26F3N5O/c1-16-7-10-19(11-9-18-5-3-6-21(32-18)25(26,27)28)33(15-16)24(34)22-20(12-8-17(2)31-22)23-29-13-4-14-30-23/h3-6,8,12-14,16,19H,7,9-11,15H2,1-2H3/t16-,19-/m0/s1. The zero-order valence-corrected chi connectivity index (χ0v) is 19.1. The summed E-state index contributed by atoms with van der Waals surface area (Å²) < 4.78 is 39.1. The minimum absolute atomic E-state index is 0.119. The topological polar surface area (TPSA) is 71.9 Å². The summed E-state index contributed by atoms with van der Waals surface area (Å²) in [6.45, 7) is 4.47. The summed E-state index contributed by atoms with van der Waals surface area (Å²) in [5.74, 6) is 0.529. The number of nitrogens with zero attached hydrogens (tertiary/aromatic N) is 5. The van der Waals surface area contributed by atoms with Crippen LogP contribution in [0.15, 0.2) is 48.8 Å². The van der Waals surface area contributed by atoms with Crippen LogP contribution in [0, 0.1) is 12.8 Å². The smallest absolute Gasteiger partial charge is 0.334 e. The molecule has 1 aliphatic rings. The van der Waals surface area contributed by atoms with E-state index in [0.717, 1.165) is 18.9 Å². The average molecular weight is 470 g/mol. The normalized spacial score (nSPS) is 18.7. The molecular formula is C25H26F3N5O. The molecule has 9 heteroatoms. The van der Waals surface area contributed by atoms with E-state index in [0.29, 0.717) is 53.8 Å². The van der Waals surface area contributed by atoms with Crippen LogP contribution in [-0.4, -0.2) is 43.3 Å². The highest BCUT2D eigenvalue weighted by Gasteiger charge is 2.34. The molecule has 0 spiro atoms. The first-order valence-corrected chi connectivity index (χ1v) is 11.3. The van der Waals surface area contributed by atoms with Crippen LogP contribution in [0.3, 0.4) is 0 Å². The molecule has 1 amide bonds. The average Bonchev–Trinajstić information content (AvgIpc) is 2.83. The predicted octanol–water partition coefficient (Wildman–Crippen LogP) is 5.13. The second kappa shape index (κ2) is 9.87.